The molecule has 0 spiro atoms. The molecule has 2 aliphatic heterocycles. The number of hydrogen-bond donors (Lipinski definition) is 4. The lowest BCUT2D eigenvalue weighted by Crippen LogP contribution is -2.44. The van der Waals surface area contributed by atoms with E-state index in [9.17, 15) is 0 Å². The topological polar surface area (TPSA) is 236 Å². The zero-order chi connectivity index (χ0) is 59.4. The van der Waals surface area contributed by atoms with E-state index in [1.807, 2.05) is 53.2 Å². The maximum atomic E-state index is 6.21. The second kappa shape index (κ2) is 31.1. The summed E-state index contributed by atoms with van der Waals surface area (Å²) in [7, 11) is 13.7. The molecule has 4 aliphatic rings. The minimum absolute atomic E-state index is 0. The molecule has 5 N–H and O–H groups in total. The van der Waals surface area contributed by atoms with Gasteiger partial charge in [-0.3, -0.25) is 0 Å². The van der Waals surface area contributed by atoms with Crippen molar-refractivity contribution >= 4 is 98.1 Å². The predicted molar refractivity (Wildman–Crippen MR) is 348 cm³/mol. The lowest BCUT2D eigenvalue weighted by molar-refractivity contribution is -0.160. The second-order valence-corrected chi connectivity index (χ2v) is 22.4. The Kier molecular flexibility index (Phi) is 23.5. The number of anilines is 7. The highest BCUT2D eigenvalue weighted by atomic mass is 35.5. The molecule has 468 valence electrons. The quantitative estimate of drug-likeness (QED) is 0.0162. The fraction of sp³-hybridized carbons (Fsp3) is 0.433. The molecule has 4 fully saturated rings. The molecular weight excluding hydrogens is 1170 g/mol. The van der Waals surface area contributed by atoms with Crippen LogP contribution in [0.15, 0.2) is 95.0 Å². The van der Waals surface area contributed by atoms with Crippen molar-refractivity contribution in [2.75, 3.05) is 141 Å². The molecule has 2 saturated heterocycles. The smallest absolute Gasteiger partial charge is 0.231 e. The normalized spacial score (nSPS) is 15.1. The Morgan fingerprint density at radius 2 is 0.977 bits per heavy atom. The number of nitrogens with one attached hydrogen (secondary N) is 3. The Morgan fingerprint density at radius 3 is 1.40 bits per heavy atom. The minimum atomic E-state index is 0. The lowest BCUT2D eigenvalue weighted by Gasteiger charge is -2.34. The molecule has 4 aromatic carbocycles. The molecule has 0 bridgehead atoms. The van der Waals surface area contributed by atoms with E-state index >= 15 is 0 Å². The molecule has 12 rings (SSSR count). The van der Waals surface area contributed by atoms with Crippen molar-refractivity contribution < 1.29 is 37.4 Å². The van der Waals surface area contributed by atoms with E-state index < -0.39 is 0 Å². The summed E-state index contributed by atoms with van der Waals surface area (Å²) >= 11 is 8.23. The Labute approximate surface area is 522 Å². The number of ether oxygens (including phenoxy) is 4. The van der Waals surface area contributed by atoms with Crippen LogP contribution in [-0.4, -0.2) is 170 Å². The average molecular weight is 1250 g/mol. The maximum absolute atomic E-state index is 6.21. The van der Waals surface area contributed by atoms with Gasteiger partial charge < -0.3 is 60.2 Å². The Balaban J connectivity index is 0.000000188. The molecule has 8 aromatic rings. The summed E-state index contributed by atoms with van der Waals surface area (Å²) in [4.78, 5) is 37.8. The number of nitrogen functional groups attached to an aromatic ring is 1. The van der Waals surface area contributed by atoms with Crippen molar-refractivity contribution in [3.8, 4) is 23.0 Å². The third-order valence-electron chi connectivity index (χ3n) is 14.7. The van der Waals surface area contributed by atoms with Crippen LogP contribution in [0.3, 0.4) is 0 Å². The predicted octanol–water partition coefficient (Wildman–Crippen LogP) is 10.5. The summed E-state index contributed by atoms with van der Waals surface area (Å²) in [6.45, 7) is 9.51. The molecule has 0 radical (unpaired) electrons. The number of fused-ring (bicyclic) bond motifs is 2. The first-order chi connectivity index (χ1) is 41.4. The van der Waals surface area contributed by atoms with Crippen molar-refractivity contribution in [1.82, 2.24) is 49.3 Å². The van der Waals surface area contributed by atoms with Crippen LogP contribution in [-0.2, 0) is 31.5 Å². The number of benzene rings is 4. The lowest BCUT2D eigenvalue weighted by atomic mass is 10.2. The third kappa shape index (κ3) is 17.1. The largest absolute Gasteiger partial charge is 0.497 e. The molecular formula is C60H81ClN16O8S2. The number of hydrogen-bond acceptors (Lipinski definition) is 24. The maximum Gasteiger partial charge on any atom is 0.231 e. The minimum Gasteiger partial charge on any atom is -0.497 e. The fourth-order valence-electron chi connectivity index (χ4n) is 9.62. The van der Waals surface area contributed by atoms with Gasteiger partial charge in [-0.15, -0.1) is 0 Å². The fourth-order valence-corrected chi connectivity index (χ4v) is 10.9. The van der Waals surface area contributed by atoms with E-state index in [1.54, 1.807) is 33.1 Å². The SMILES string of the molecule is C.C.CN1CCN(c2ccc(N)cc2)CC1.COOSc1nn(Cc2ccc(OC)cc2OC)c2nc(Cl)nc(NC3CC3)c12.COOSc1nn(Cc2ccc(OC)cc2OC)c2nc(Nc3ccc(N4CCN(C)CC4)cc3)nc(NC3CC3)c12. The van der Waals surface area contributed by atoms with E-state index in [0.717, 1.165) is 135 Å². The van der Waals surface area contributed by atoms with Crippen LogP contribution in [0.1, 0.15) is 51.7 Å². The summed E-state index contributed by atoms with van der Waals surface area (Å²) in [6, 6.07) is 28.7. The molecule has 6 heterocycles. The first-order valence-corrected chi connectivity index (χ1v) is 29.8. The zero-order valence-electron chi connectivity index (χ0n) is 49.0. The second-order valence-electron chi connectivity index (χ2n) is 20.7. The van der Waals surface area contributed by atoms with Gasteiger partial charge in [-0.2, -0.15) is 38.8 Å². The monoisotopic (exact) mass is 1250 g/mol. The van der Waals surface area contributed by atoms with E-state index in [-0.39, 0.29) is 20.1 Å². The summed E-state index contributed by atoms with van der Waals surface area (Å²) in [5.74, 6) is 4.63. The van der Waals surface area contributed by atoms with Gasteiger partial charge in [0.1, 0.15) is 34.6 Å². The van der Waals surface area contributed by atoms with E-state index in [0.29, 0.717) is 87.1 Å². The van der Waals surface area contributed by atoms with Crippen LogP contribution < -0.4 is 50.4 Å². The van der Waals surface area contributed by atoms with E-state index in [1.165, 1.54) is 25.6 Å². The van der Waals surface area contributed by atoms with Gasteiger partial charge in [0, 0.05) is 110 Å². The first kappa shape index (κ1) is 65.7. The average Bonchev–Trinajstić information content (AvgIpc) is 1.90. The molecule has 0 atom stereocenters. The summed E-state index contributed by atoms with van der Waals surface area (Å²) in [5, 5.41) is 22.7. The highest BCUT2D eigenvalue weighted by Crippen LogP contribution is 2.39. The molecule has 4 aromatic heterocycles. The Morgan fingerprint density at radius 1 is 0.540 bits per heavy atom. The third-order valence-corrected chi connectivity index (χ3v) is 16.1. The number of rotatable bonds is 22. The summed E-state index contributed by atoms with van der Waals surface area (Å²) < 4.78 is 35.7. The number of likely N-dealkylation sites (N-methyl/N-ethyl adjacent to an activating group) is 2. The molecule has 0 unspecified atom stereocenters. The standard InChI is InChI=1S/C29H36N8O4S.C18H20ClN5O4S.C11H17N3.2CH4/c1-35-13-15-36(16-14-35)22-10-8-21(9-11-22)31-29-32-26(30-20-6-7-20)25-27(33-29)37(34-28(25)42-41-40-4)18-19-5-12-23(38-2)17-24(19)39-3;1-25-12-7-4-10(13(8-12)26-2)9-24-16-14(17(23-24)29-28-27-3)15(20-11-5-6-11)21-18(19)22-16;1-13-6-8-14(9-7-13)11-4-2-10(12)3-5-11;;/h5,8-12,17,20H,6-7,13-16,18H2,1-4H3,(H2,30,31,32,33);4,7-8,11H,5-6,9H2,1-3H3,(H,20,21,22);2-5H,6-9,12H2,1H3;2*1H4. The van der Waals surface area contributed by atoms with Crippen LogP contribution in [0.25, 0.3) is 22.1 Å². The van der Waals surface area contributed by atoms with Crippen molar-refractivity contribution in [2.45, 2.75) is 75.8 Å². The molecule has 0 amide bonds. The van der Waals surface area contributed by atoms with E-state index in [2.05, 4.69) is 101 Å². The number of nitrogens with zero attached hydrogens (tertiary/aromatic N) is 12. The Hall–Kier alpha value is -7.27. The van der Waals surface area contributed by atoms with Crippen molar-refractivity contribution in [2.24, 2.45) is 0 Å². The van der Waals surface area contributed by atoms with Gasteiger partial charge in [0.25, 0.3) is 0 Å². The first-order valence-electron chi connectivity index (χ1n) is 27.9. The number of piperazine rings is 2. The van der Waals surface area contributed by atoms with Crippen LogP contribution in [0.4, 0.5) is 40.3 Å². The van der Waals surface area contributed by atoms with Gasteiger partial charge in [0.15, 0.2) is 21.3 Å². The van der Waals surface area contributed by atoms with Gasteiger partial charge in [-0.1, -0.05) is 14.9 Å². The van der Waals surface area contributed by atoms with E-state index in [4.69, 9.17) is 69.8 Å². The van der Waals surface area contributed by atoms with Gasteiger partial charge in [-0.05, 0) is 124 Å². The van der Waals surface area contributed by atoms with Crippen molar-refractivity contribution in [3.05, 3.63) is 101 Å². The van der Waals surface area contributed by atoms with Crippen LogP contribution >= 0.6 is 35.7 Å². The zero-order valence-corrected chi connectivity index (χ0v) is 51.4. The van der Waals surface area contributed by atoms with Crippen molar-refractivity contribution in [1.29, 1.82) is 0 Å². The van der Waals surface area contributed by atoms with Crippen LogP contribution in [0.5, 0.6) is 23.0 Å². The highest BCUT2D eigenvalue weighted by Gasteiger charge is 2.29. The molecule has 2 saturated carbocycles. The van der Waals surface area contributed by atoms with Crippen LogP contribution in [0.2, 0.25) is 5.28 Å². The molecule has 27 heteroatoms. The van der Waals surface area contributed by atoms with Gasteiger partial charge in [0.2, 0.25) is 11.2 Å². The Bertz CT molecular complexity index is 3490. The number of aromatic nitrogens is 8. The number of nitrogens with two attached hydrogens (primary N) is 1. The molecule has 87 heavy (non-hydrogen) atoms. The van der Waals surface area contributed by atoms with Gasteiger partial charge in [-0.25, -0.2) is 19.1 Å². The van der Waals surface area contributed by atoms with Gasteiger partial charge >= 0.3 is 0 Å². The number of halogens is 1. The number of methoxy groups -OCH3 is 4. The molecule has 2 aliphatic carbocycles. The highest BCUT2D eigenvalue weighted by molar-refractivity contribution is 7.95. The summed E-state index contributed by atoms with van der Waals surface area (Å²) in [5.41, 5.74) is 13.0. The molecule has 24 nitrogen and oxygen atoms in total. The summed E-state index contributed by atoms with van der Waals surface area (Å²) in [6.07, 6.45) is 4.38. The van der Waals surface area contributed by atoms with Gasteiger partial charge in [0.05, 0.1) is 90.6 Å². The van der Waals surface area contributed by atoms with Crippen molar-refractivity contribution in [3.63, 3.8) is 0 Å². The van der Waals surface area contributed by atoms with Crippen LogP contribution in [0, 0.1) is 0 Å².